The largest absolute Gasteiger partial charge is 0.482 e. The number of esters is 1. The van der Waals surface area contributed by atoms with Gasteiger partial charge in [0.1, 0.15) is 5.75 Å². The predicted molar refractivity (Wildman–Crippen MR) is 55.8 cm³/mol. The van der Waals surface area contributed by atoms with Crippen LogP contribution < -0.4 is 4.74 Å². The first-order valence-electron chi connectivity index (χ1n) is 4.73. The zero-order valence-corrected chi connectivity index (χ0v) is 8.97. The Hall–Kier alpha value is -1.59. The zero-order valence-electron chi connectivity index (χ0n) is 8.97. The van der Waals surface area contributed by atoms with Gasteiger partial charge in [0.15, 0.2) is 6.61 Å². The fourth-order valence-electron chi connectivity index (χ4n) is 1.20. The molecule has 2 N–H and O–H groups in total. The van der Waals surface area contributed by atoms with Gasteiger partial charge in [-0.3, -0.25) is 0 Å². The molecule has 0 atom stereocenters. The van der Waals surface area contributed by atoms with Crippen LogP contribution in [0.5, 0.6) is 5.75 Å². The second-order valence-corrected chi connectivity index (χ2v) is 3.17. The van der Waals surface area contributed by atoms with Crippen molar-refractivity contribution in [3.05, 3.63) is 29.3 Å². The van der Waals surface area contributed by atoms with E-state index in [1.807, 2.05) is 0 Å². The Labute approximate surface area is 93.2 Å². The third-order valence-electron chi connectivity index (χ3n) is 1.98. The highest BCUT2D eigenvalue weighted by atomic mass is 16.6. The summed E-state index contributed by atoms with van der Waals surface area (Å²) < 4.78 is 9.57. The third-order valence-corrected chi connectivity index (χ3v) is 1.98. The molecule has 5 nitrogen and oxygen atoms in total. The molecule has 5 heteroatoms. The number of aliphatic hydroxyl groups excluding tert-OH is 2. The first-order valence-corrected chi connectivity index (χ1v) is 4.73. The molecule has 0 fully saturated rings. The van der Waals surface area contributed by atoms with Crippen molar-refractivity contribution in [2.45, 2.75) is 13.2 Å². The van der Waals surface area contributed by atoms with E-state index in [-0.39, 0.29) is 19.8 Å². The van der Waals surface area contributed by atoms with Crippen LogP contribution in [-0.2, 0) is 22.7 Å². The van der Waals surface area contributed by atoms with Crippen molar-refractivity contribution in [3.8, 4) is 5.75 Å². The van der Waals surface area contributed by atoms with Crippen LogP contribution in [0.15, 0.2) is 18.2 Å². The van der Waals surface area contributed by atoms with Gasteiger partial charge >= 0.3 is 5.97 Å². The normalized spacial score (nSPS) is 9.94. The van der Waals surface area contributed by atoms with Crippen LogP contribution >= 0.6 is 0 Å². The standard InChI is InChI=1S/C11H14O5/c1-15-11(14)7-16-10-3-8(5-12)2-9(4-10)6-13/h2-4,12-13H,5-7H2,1H3. The number of carbonyl (C=O) groups excluding carboxylic acids is 1. The molecule has 0 aliphatic heterocycles. The molecule has 88 valence electrons. The maximum atomic E-state index is 10.8. The molecule has 0 saturated carbocycles. The lowest BCUT2D eigenvalue weighted by atomic mass is 10.1. The van der Waals surface area contributed by atoms with E-state index in [1.54, 1.807) is 18.2 Å². The summed E-state index contributed by atoms with van der Waals surface area (Å²) in [7, 11) is 1.27. The number of rotatable bonds is 5. The average molecular weight is 226 g/mol. The Morgan fingerprint density at radius 1 is 1.19 bits per heavy atom. The number of hydrogen-bond acceptors (Lipinski definition) is 5. The van der Waals surface area contributed by atoms with Crippen LogP contribution in [0.4, 0.5) is 0 Å². The van der Waals surface area contributed by atoms with Crippen molar-refractivity contribution >= 4 is 5.97 Å². The van der Waals surface area contributed by atoms with E-state index in [1.165, 1.54) is 7.11 Å². The van der Waals surface area contributed by atoms with Crippen molar-refractivity contribution in [2.75, 3.05) is 13.7 Å². The third kappa shape index (κ3) is 3.52. The number of carbonyl (C=O) groups is 1. The highest BCUT2D eigenvalue weighted by Gasteiger charge is 2.04. The highest BCUT2D eigenvalue weighted by Crippen LogP contribution is 2.17. The molecule has 0 amide bonds. The second kappa shape index (κ2) is 6.09. The fourth-order valence-corrected chi connectivity index (χ4v) is 1.20. The van der Waals surface area contributed by atoms with Crippen molar-refractivity contribution in [2.24, 2.45) is 0 Å². The molecular formula is C11H14O5. The summed E-state index contributed by atoms with van der Waals surface area (Å²) in [5.41, 5.74) is 1.23. The molecule has 0 spiro atoms. The molecule has 0 saturated heterocycles. The molecule has 0 unspecified atom stereocenters. The number of hydrogen-bond donors (Lipinski definition) is 2. The van der Waals surface area contributed by atoms with Gasteiger partial charge in [-0.15, -0.1) is 0 Å². The van der Waals surface area contributed by atoms with E-state index in [4.69, 9.17) is 14.9 Å². The van der Waals surface area contributed by atoms with Gasteiger partial charge in [-0.1, -0.05) is 6.07 Å². The average Bonchev–Trinajstić information content (AvgIpc) is 2.35. The molecule has 1 aromatic rings. The van der Waals surface area contributed by atoms with Crippen LogP contribution in [0, 0.1) is 0 Å². The van der Waals surface area contributed by atoms with Gasteiger partial charge < -0.3 is 19.7 Å². The van der Waals surface area contributed by atoms with Crippen LogP contribution in [0.2, 0.25) is 0 Å². The molecule has 0 aromatic heterocycles. The van der Waals surface area contributed by atoms with Crippen LogP contribution in [0.3, 0.4) is 0 Å². The van der Waals surface area contributed by atoms with E-state index < -0.39 is 5.97 Å². The molecule has 1 aromatic carbocycles. The highest BCUT2D eigenvalue weighted by molar-refractivity contribution is 5.70. The summed E-state index contributed by atoms with van der Waals surface area (Å²) in [6, 6.07) is 4.86. The van der Waals surface area contributed by atoms with Crippen molar-refractivity contribution < 1.29 is 24.5 Å². The first kappa shape index (κ1) is 12.5. The summed E-state index contributed by atoms with van der Waals surface area (Å²) in [5.74, 6) is -0.0686. The second-order valence-electron chi connectivity index (χ2n) is 3.17. The summed E-state index contributed by atoms with van der Waals surface area (Å²) in [6.45, 7) is -0.499. The van der Waals surface area contributed by atoms with Gasteiger partial charge in [-0.2, -0.15) is 0 Å². The van der Waals surface area contributed by atoms with E-state index in [9.17, 15) is 4.79 Å². The lowest BCUT2D eigenvalue weighted by Gasteiger charge is -2.08. The van der Waals surface area contributed by atoms with Gasteiger partial charge in [-0.25, -0.2) is 4.79 Å². The minimum Gasteiger partial charge on any atom is -0.482 e. The Balaban J connectivity index is 2.74. The van der Waals surface area contributed by atoms with Gasteiger partial charge in [0.2, 0.25) is 0 Å². The summed E-state index contributed by atoms with van der Waals surface area (Å²) in [4.78, 5) is 10.8. The monoisotopic (exact) mass is 226 g/mol. The summed E-state index contributed by atoms with van der Waals surface area (Å²) in [6.07, 6.45) is 0. The molecule has 0 aliphatic carbocycles. The van der Waals surface area contributed by atoms with E-state index in [2.05, 4.69) is 4.74 Å². The first-order chi connectivity index (χ1) is 7.69. The number of aliphatic hydroxyl groups is 2. The van der Waals surface area contributed by atoms with E-state index in [0.29, 0.717) is 16.9 Å². The molecule has 0 aliphatic rings. The minimum absolute atomic E-state index is 0.150. The number of benzene rings is 1. The maximum Gasteiger partial charge on any atom is 0.343 e. The fraction of sp³-hybridized carbons (Fsp3) is 0.364. The smallest absolute Gasteiger partial charge is 0.343 e. The quantitative estimate of drug-likeness (QED) is 0.702. The van der Waals surface area contributed by atoms with Crippen molar-refractivity contribution in [3.63, 3.8) is 0 Å². The number of methoxy groups -OCH3 is 1. The molecular weight excluding hydrogens is 212 g/mol. The Morgan fingerprint density at radius 3 is 2.19 bits per heavy atom. The summed E-state index contributed by atoms with van der Waals surface area (Å²) in [5, 5.41) is 18.0. The van der Waals surface area contributed by atoms with E-state index >= 15 is 0 Å². The molecule has 0 radical (unpaired) electrons. The van der Waals surface area contributed by atoms with Gasteiger partial charge in [0, 0.05) is 0 Å². The van der Waals surface area contributed by atoms with Crippen molar-refractivity contribution in [1.29, 1.82) is 0 Å². The predicted octanol–water partition coefficient (Wildman–Crippen LogP) is 0.223. The lowest BCUT2D eigenvalue weighted by molar-refractivity contribution is -0.142. The summed E-state index contributed by atoms with van der Waals surface area (Å²) >= 11 is 0. The molecule has 1 rings (SSSR count). The van der Waals surface area contributed by atoms with Crippen molar-refractivity contribution in [1.82, 2.24) is 0 Å². The maximum absolute atomic E-state index is 10.8. The molecule has 0 heterocycles. The molecule has 0 bridgehead atoms. The Kier molecular flexibility index (Phi) is 4.75. The van der Waals surface area contributed by atoms with Crippen LogP contribution in [-0.4, -0.2) is 29.9 Å². The van der Waals surface area contributed by atoms with Gasteiger partial charge in [-0.05, 0) is 23.3 Å². The molecule has 16 heavy (non-hydrogen) atoms. The van der Waals surface area contributed by atoms with E-state index in [0.717, 1.165) is 0 Å². The Bertz CT molecular complexity index is 339. The van der Waals surface area contributed by atoms with Gasteiger partial charge in [0.25, 0.3) is 0 Å². The van der Waals surface area contributed by atoms with Crippen LogP contribution in [0.1, 0.15) is 11.1 Å². The Morgan fingerprint density at radius 2 is 1.75 bits per heavy atom. The number of ether oxygens (including phenoxy) is 2. The van der Waals surface area contributed by atoms with Gasteiger partial charge in [0.05, 0.1) is 20.3 Å². The van der Waals surface area contributed by atoms with Crippen LogP contribution in [0.25, 0.3) is 0 Å². The SMILES string of the molecule is COC(=O)COc1cc(CO)cc(CO)c1. The minimum atomic E-state index is -0.486. The zero-order chi connectivity index (χ0) is 12.0. The lowest BCUT2D eigenvalue weighted by Crippen LogP contribution is -2.12. The topological polar surface area (TPSA) is 76.0 Å².